The van der Waals surface area contributed by atoms with Crippen molar-refractivity contribution in [3.05, 3.63) is 40.9 Å². The SMILES string of the molecule is S=C(Nc1ccccc1)Nn1c(C23CC4CC(CC(C4)C2)C3)n[nH]c1=S. The van der Waals surface area contributed by atoms with Gasteiger partial charge in [0.05, 0.1) is 0 Å². The van der Waals surface area contributed by atoms with Crippen molar-refractivity contribution in [1.29, 1.82) is 0 Å². The Balaban J connectivity index is 1.42. The van der Waals surface area contributed by atoms with Crippen molar-refractivity contribution in [1.82, 2.24) is 14.9 Å². The van der Waals surface area contributed by atoms with Crippen LogP contribution in [0.3, 0.4) is 0 Å². The molecule has 4 bridgehead atoms. The van der Waals surface area contributed by atoms with Crippen LogP contribution >= 0.6 is 24.4 Å². The van der Waals surface area contributed by atoms with Crippen LogP contribution in [0.1, 0.15) is 44.3 Å². The quantitative estimate of drug-likeness (QED) is 0.686. The third-order valence-electron chi connectivity index (χ3n) is 6.43. The fraction of sp³-hybridized carbons (Fsp3) is 0.526. The Hall–Kier alpha value is -1.73. The second kappa shape index (κ2) is 6.16. The van der Waals surface area contributed by atoms with Crippen molar-refractivity contribution in [3.8, 4) is 0 Å². The molecule has 4 aliphatic rings. The second-order valence-electron chi connectivity index (χ2n) is 8.32. The maximum atomic E-state index is 5.52. The summed E-state index contributed by atoms with van der Waals surface area (Å²) in [5, 5.41) is 11.4. The number of anilines is 1. The molecule has 0 atom stereocenters. The number of nitrogens with zero attached hydrogens (tertiary/aromatic N) is 2. The van der Waals surface area contributed by atoms with Crippen molar-refractivity contribution in [2.75, 3.05) is 10.7 Å². The first-order valence-electron chi connectivity index (χ1n) is 9.42. The molecule has 4 aliphatic carbocycles. The van der Waals surface area contributed by atoms with Crippen LogP contribution in [0, 0.1) is 22.5 Å². The number of thiocarbonyl (C=S) groups is 1. The largest absolute Gasteiger partial charge is 0.331 e. The lowest BCUT2D eigenvalue weighted by atomic mass is 9.49. The van der Waals surface area contributed by atoms with Gasteiger partial charge in [-0.05, 0) is 92.8 Å². The minimum Gasteiger partial charge on any atom is -0.331 e. The van der Waals surface area contributed by atoms with Crippen LogP contribution in [0.25, 0.3) is 0 Å². The number of nitrogens with one attached hydrogen (secondary N) is 3. The molecule has 5 nitrogen and oxygen atoms in total. The van der Waals surface area contributed by atoms with E-state index in [1.807, 2.05) is 35.0 Å². The number of H-pyrrole nitrogens is 1. The molecule has 0 spiro atoms. The Morgan fingerprint density at radius 3 is 2.31 bits per heavy atom. The highest BCUT2D eigenvalue weighted by atomic mass is 32.1. The highest BCUT2D eigenvalue weighted by Gasteiger charge is 2.53. The summed E-state index contributed by atoms with van der Waals surface area (Å²) >= 11 is 11.0. The Bertz CT molecular complexity index is 850. The van der Waals surface area contributed by atoms with E-state index < -0.39 is 0 Å². The molecule has 7 heteroatoms. The highest BCUT2D eigenvalue weighted by Crippen LogP contribution is 2.60. The van der Waals surface area contributed by atoms with E-state index in [-0.39, 0.29) is 5.41 Å². The van der Waals surface area contributed by atoms with Crippen LogP contribution in [0.4, 0.5) is 5.69 Å². The summed E-state index contributed by atoms with van der Waals surface area (Å²) in [5.41, 5.74) is 4.38. The maximum absolute atomic E-state index is 5.52. The fourth-order valence-electron chi connectivity index (χ4n) is 5.92. The lowest BCUT2D eigenvalue weighted by Gasteiger charge is -2.56. The van der Waals surface area contributed by atoms with E-state index in [1.54, 1.807) is 0 Å². The van der Waals surface area contributed by atoms with Gasteiger partial charge in [-0.25, -0.2) is 4.68 Å². The number of hydrogen-bond acceptors (Lipinski definition) is 3. The maximum Gasteiger partial charge on any atom is 0.214 e. The van der Waals surface area contributed by atoms with Gasteiger partial charge >= 0.3 is 0 Å². The zero-order valence-electron chi connectivity index (χ0n) is 14.6. The van der Waals surface area contributed by atoms with Crippen molar-refractivity contribution in [2.24, 2.45) is 17.8 Å². The molecule has 2 aromatic rings. The van der Waals surface area contributed by atoms with E-state index in [9.17, 15) is 0 Å². The van der Waals surface area contributed by atoms with Crippen LogP contribution in [-0.2, 0) is 5.41 Å². The predicted molar refractivity (Wildman–Crippen MR) is 109 cm³/mol. The molecule has 3 N–H and O–H groups in total. The van der Waals surface area contributed by atoms with Crippen LogP contribution in [0.15, 0.2) is 30.3 Å². The first kappa shape index (κ1) is 16.4. The van der Waals surface area contributed by atoms with E-state index in [4.69, 9.17) is 24.4 Å². The monoisotopic (exact) mass is 385 g/mol. The first-order chi connectivity index (χ1) is 12.6. The van der Waals surface area contributed by atoms with Gasteiger partial charge in [0, 0.05) is 11.1 Å². The normalized spacial score (nSPS) is 31.8. The van der Waals surface area contributed by atoms with Crippen LogP contribution in [0.5, 0.6) is 0 Å². The molecular formula is C19H23N5S2. The molecule has 0 unspecified atom stereocenters. The summed E-state index contributed by atoms with van der Waals surface area (Å²) in [6, 6.07) is 9.93. The lowest BCUT2D eigenvalue weighted by Crippen LogP contribution is -2.50. The van der Waals surface area contributed by atoms with Crippen LogP contribution in [0.2, 0.25) is 0 Å². The fourth-order valence-corrected chi connectivity index (χ4v) is 6.31. The molecule has 0 aliphatic heterocycles. The minimum absolute atomic E-state index is 0.150. The standard InChI is InChI=1S/C19H23N5S2/c25-17(20-15-4-2-1-3-5-15)23-24-16(21-22-18(24)26)19-9-12-6-13(10-19)8-14(7-12)11-19/h1-5,12-14H,6-11H2,(H,22,26)(H2,20,23,25). The van der Waals surface area contributed by atoms with E-state index in [0.717, 1.165) is 29.3 Å². The summed E-state index contributed by atoms with van der Waals surface area (Å²) < 4.78 is 2.48. The van der Waals surface area contributed by atoms with Gasteiger partial charge in [0.25, 0.3) is 0 Å². The minimum atomic E-state index is 0.150. The average Bonchev–Trinajstić information content (AvgIpc) is 2.96. The van der Waals surface area contributed by atoms with E-state index in [1.165, 1.54) is 38.5 Å². The third kappa shape index (κ3) is 2.77. The summed E-state index contributed by atoms with van der Waals surface area (Å²) in [4.78, 5) is 0. The smallest absolute Gasteiger partial charge is 0.214 e. The van der Waals surface area contributed by atoms with E-state index >= 15 is 0 Å². The summed E-state index contributed by atoms with van der Waals surface area (Å²) in [5.74, 6) is 3.61. The van der Waals surface area contributed by atoms with Gasteiger partial charge in [-0.1, -0.05) is 18.2 Å². The molecule has 26 heavy (non-hydrogen) atoms. The number of aromatic amines is 1. The summed E-state index contributed by atoms with van der Waals surface area (Å²) in [6.07, 6.45) is 7.93. The first-order valence-corrected chi connectivity index (χ1v) is 10.2. The van der Waals surface area contributed by atoms with Gasteiger partial charge in [-0.3, -0.25) is 10.5 Å². The molecule has 1 heterocycles. The molecule has 4 saturated carbocycles. The van der Waals surface area contributed by atoms with E-state index in [0.29, 0.717) is 9.88 Å². The third-order valence-corrected chi connectivity index (χ3v) is 6.90. The molecule has 0 saturated heterocycles. The van der Waals surface area contributed by atoms with Crippen molar-refractivity contribution >= 4 is 35.2 Å². The number of benzene rings is 1. The Kier molecular flexibility index (Phi) is 3.90. The van der Waals surface area contributed by atoms with Gasteiger partial charge in [0.2, 0.25) is 4.77 Å². The Morgan fingerprint density at radius 2 is 1.69 bits per heavy atom. The Labute approximate surface area is 163 Å². The number of rotatable bonds is 3. The van der Waals surface area contributed by atoms with Gasteiger partial charge in [-0.15, -0.1) is 0 Å². The second-order valence-corrected chi connectivity index (χ2v) is 9.11. The number of para-hydroxylation sites is 1. The van der Waals surface area contributed by atoms with Crippen LogP contribution < -0.4 is 10.7 Å². The molecular weight excluding hydrogens is 362 g/mol. The van der Waals surface area contributed by atoms with Gasteiger partial charge < -0.3 is 5.32 Å². The molecule has 136 valence electrons. The molecule has 0 amide bonds. The molecule has 0 radical (unpaired) electrons. The predicted octanol–water partition coefficient (Wildman–Crippen LogP) is 4.35. The van der Waals surface area contributed by atoms with E-state index in [2.05, 4.69) is 20.9 Å². The molecule has 4 fully saturated rings. The van der Waals surface area contributed by atoms with Gasteiger partial charge in [0.15, 0.2) is 10.9 Å². The number of aromatic nitrogens is 3. The van der Waals surface area contributed by atoms with Crippen molar-refractivity contribution in [3.63, 3.8) is 0 Å². The highest BCUT2D eigenvalue weighted by molar-refractivity contribution is 7.80. The topological polar surface area (TPSA) is 57.7 Å². The zero-order valence-corrected chi connectivity index (χ0v) is 16.2. The average molecular weight is 386 g/mol. The molecule has 6 rings (SSSR count). The van der Waals surface area contributed by atoms with Gasteiger partial charge in [-0.2, -0.15) is 5.10 Å². The summed E-state index contributed by atoms with van der Waals surface area (Å²) in [7, 11) is 0. The van der Waals surface area contributed by atoms with Crippen LogP contribution in [-0.4, -0.2) is 20.0 Å². The molecule has 1 aromatic heterocycles. The van der Waals surface area contributed by atoms with Gasteiger partial charge in [0.1, 0.15) is 0 Å². The lowest BCUT2D eigenvalue weighted by molar-refractivity contribution is -0.0105. The summed E-state index contributed by atoms with van der Waals surface area (Å²) in [6.45, 7) is 0. The van der Waals surface area contributed by atoms with Crippen molar-refractivity contribution < 1.29 is 0 Å². The molecule has 1 aromatic carbocycles. The zero-order chi connectivity index (χ0) is 17.7. The van der Waals surface area contributed by atoms with Crippen molar-refractivity contribution in [2.45, 2.75) is 43.9 Å². The number of hydrogen-bond donors (Lipinski definition) is 3. The Morgan fingerprint density at radius 1 is 1.08 bits per heavy atom.